The number of rotatable bonds is 1. The van der Waals surface area contributed by atoms with Gasteiger partial charge < -0.3 is 5.32 Å². The molecule has 21 heavy (non-hydrogen) atoms. The molecule has 1 fully saturated rings. The Hall–Kier alpha value is -1.02. The third-order valence-corrected chi connectivity index (χ3v) is 5.83. The van der Waals surface area contributed by atoms with Gasteiger partial charge in [-0.05, 0) is 48.2 Å². The van der Waals surface area contributed by atoms with Crippen LogP contribution in [0.2, 0.25) is 10.0 Å². The van der Waals surface area contributed by atoms with Crippen LogP contribution in [-0.2, 0) is 5.41 Å². The molecular formula is C18H17Cl2N. The van der Waals surface area contributed by atoms with E-state index in [4.69, 9.17) is 23.2 Å². The van der Waals surface area contributed by atoms with Crippen molar-refractivity contribution in [2.75, 3.05) is 13.1 Å². The number of fused-ring (bicyclic) bond motifs is 2. The van der Waals surface area contributed by atoms with Gasteiger partial charge in [-0.3, -0.25) is 0 Å². The van der Waals surface area contributed by atoms with E-state index in [0.29, 0.717) is 21.4 Å². The van der Waals surface area contributed by atoms with Crippen molar-refractivity contribution in [1.29, 1.82) is 0 Å². The monoisotopic (exact) mass is 317 g/mol. The maximum absolute atomic E-state index is 6.23. The summed E-state index contributed by atoms with van der Waals surface area (Å²) in [4.78, 5) is 0. The molecule has 1 aliphatic heterocycles. The van der Waals surface area contributed by atoms with Crippen LogP contribution >= 0.6 is 23.2 Å². The standard InChI is InChI=1S/C18H17Cl2N/c19-16-6-5-12(9-17(16)20)14-10-18(7-8-21-11-18)15-4-2-1-3-13(14)15/h1-6,9,14,21H,7-8,10-11H2/t14-,18-/m1/s1. The average molecular weight is 318 g/mol. The summed E-state index contributed by atoms with van der Waals surface area (Å²) in [5.41, 5.74) is 4.55. The molecule has 2 aliphatic rings. The zero-order valence-electron chi connectivity index (χ0n) is 11.7. The van der Waals surface area contributed by atoms with Gasteiger partial charge in [0.2, 0.25) is 0 Å². The predicted molar refractivity (Wildman–Crippen MR) is 88.5 cm³/mol. The highest BCUT2D eigenvalue weighted by Crippen LogP contribution is 2.51. The summed E-state index contributed by atoms with van der Waals surface area (Å²) in [6.07, 6.45) is 2.39. The molecule has 1 nitrogen and oxygen atoms in total. The summed E-state index contributed by atoms with van der Waals surface area (Å²) in [5.74, 6) is 0.427. The molecule has 1 N–H and O–H groups in total. The van der Waals surface area contributed by atoms with Crippen LogP contribution in [0.5, 0.6) is 0 Å². The molecule has 108 valence electrons. The highest BCUT2D eigenvalue weighted by Gasteiger charge is 2.45. The minimum atomic E-state index is 0.299. The van der Waals surface area contributed by atoms with E-state index < -0.39 is 0 Å². The zero-order chi connectivity index (χ0) is 14.4. The molecule has 0 amide bonds. The molecular weight excluding hydrogens is 301 g/mol. The molecule has 1 spiro atoms. The fraction of sp³-hybridized carbons (Fsp3) is 0.333. The molecule has 2 aromatic carbocycles. The van der Waals surface area contributed by atoms with Gasteiger partial charge in [0.05, 0.1) is 10.0 Å². The Morgan fingerprint density at radius 3 is 2.67 bits per heavy atom. The van der Waals surface area contributed by atoms with Gasteiger partial charge in [-0.1, -0.05) is 53.5 Å². The van der Waals surface area contributed by atoms with Crippen molar-refractivity contribution in [2.45, 2.75) is 24.2 Å². The second-order valence-corrected chi connectivity index (χ2v) is 7.04. The Bertz CT molecular complexity index is 689. The third-order valence-electron chi connectivity index (χ3n) is 5.09. The molecule has 0 radical (unpaired) electrons. The van der Waals surface area contributed by atoms with Gasteiger partial charge >= 0.3 is 0 Å². The molecule has 3 heteroatoms. The molecule has 4 rings (SSSR count). The molecule has 1 saturated heterocycles. The van der Waals surface area contributed by atoms with E-state index in [-0.39, 0.29) is 0 Å². The van der Waals surface area contributed by atoms with E-state index in [9.17, 15) is 0 Å². The molecule has 1 heterocycles. The van der Waals surface area contributed by atoms with Gasteiger partial charge in [-0.15, -0.1) is 0 Å². The van der Waals surface area contributed by atoms with Gasteiger partial charge in [0.25, 0.3) is 0 Å². The quantitative estimate of drug-likeness (QED) is 0.799. The van der Waals surface area contributed by atoms with Crippen LogP contribution in [0.25, 0.3) is 0 Å². The van der Waals surface area contributed by atoms with Crippen LogP contribution in [0.1, 0.15) is 35.4 Å². The van der Waals surface area contributed by atoms with Gasteiger partial charge in [-0.2, -0.15) is 0 Å². The smallest absolute Gasteiger partial charge is 0.0595 e. The van der Waals surface area contributed by atoms with Crippen LogP contribution in [0, 0.1) is 0 Å². The molecule has 0 unspecified atom stereocenters. The lowest BCUT2D eigenvalue weighted by molar-refractivity contribution is 0.451. The Labute approximate surface area is 135 Å². The van der Waals surface area contributed by atoms with Crippen molar-refractivity contribution >= 4 is 23.2 Å². The number of halogens is 2. The van der Waals surface area contributed by atoms with Crippen molar-refractivity contribution in [3.05, 3.63) is 69.2 Å². The molecule has 0 saturated carbocycles. The summed E-state index contributed by atoms with van der Waals surface area (Å²) in [6, 6.07) is 15.0. The fourth-order valence-electron chi connectivity index (χ4n) is 4.07. The lowest BCUT2D eigenvalue weighted by Gasteiger charge is -2.24. The highest BCUT2D eigenvalue weighted by atomic mass is 35.5. The minimum absolute atomic E-state index is 0.299. The SMILES string of the molecule is Clc1ccc([C@H]2C[C@@]3(CCNC3)c3ccccc32)cc1Cl. The topological polar surface area (TPSA) is 12.0 Å². The maximum atomic E-state index is 6.23. The van der Waals surface area contributed by atoms with Crippen LogP contribution < -0.4 is 5.32 Å². The van der Waals surface area contributed by atoms with Gasteiger partial charge in [0, 0.05) is 17.9 Å². The fourth-order valence-corrected chi connectivity index (χ4v) is 4.38. The number of benzene rings is 2. The van der Waals surface area contributed by atoms with Crippen LogP contribution in [0.4, 0.5) is 0 Å². The molecule has 0 bridgehead atoms. The van der Waals surface area contributed by atoms with E-state index in [1.807, 2.05) is 12.1 Å². The maximum Gasteiger partial charge on any atom is 0.0595 e. The lowest BCUT2D eigenvalue weighted by atomic mass is 9.80. The normalized spacial score (nSPS) is 27.2. The van der Waals surface area contributed by atoms with Gasteiger partial charge in [0.1, 0.15) is 0 Å². The van der Waals surface area contributed by atoms with Crippen molar-refractivity contribution in [3.63, 3.8) is 0 Å². The molecule has 0 aromatic heterocycles. The Balaban J connectivity index is 1.82. The van der Waals surface area contributed by atoms with Crippen molar-refractivity contribution < 1.29 is 0 Å². The van der Waals surface area contributed by atoms with Crippen LogP contribution in [0.15, 0.2) is 42.5 Å². The first kappa shape index (κ1) is 13.6. The van der Waals surface area contributed by atoms with E-state index in [2.05, 4.69) is 35.6 Å². The van der Waals surface area contributed by atoms with Crippen molar-refractivity contribution in [2.24, 2.45) is 0 Å². The van der Waals surface area contributed by atoms with E-state index in [1.54, 1.807) is 0 Å². The minimum Gasteiger partial charge on any atom is -0.316 e. The van der Waals surface area contributed by atoms with Crippen LogP contribution in [0.3, 0.4) is 0 Å². The van der Waals surface area contributed by atoms with Crippen molar-refractivity contribution in [3.8, 4) is 0 Å². The number of hydrogen-bond acceptors (Lipinski definition) is 1. The Morgan fingerprint density at radius 2 is 1.90 bits per heavy atom. The summed E-state index contributed by atoms with van der Waals surface area (Å²) < 4.78 is 0. The summed E-state index contributed by atoms with van der Waals surface area (Å²) in [7, 11) is 0. The van der Waals surface area contributed by atoms with E-state index in [1.165, 1.54) is 23.1 Å². The van der Waals surface area contributed by atoms with Crippen molar-refractivity contribution in [1.82, 2.24) is 5.32 Å². The molecule has 1 aliphatic carbocycles. The molecule has 2 atom stereocenters. The number of hydrogen-bond donors (Lipinski definition) is 1. The second kappa shape index (κ2) is 5.01. The third kappa shape index (κ3) is 2.11. The summed E-state index contributed by atoms with van der Waals surface area (Å²) in [6.45, 7) is 2.20. The summed E-state index contributed by atoms with van der Waals surface area (Å²) in [5, 5.41) is 4.82. The second-order valence-electron chi connectivity index (χ2n) is 6.22. The van der Waals surface area contributed by atoms with Gasteiger partial charge in [-0.25, -0.2) is 0 Å². The molecule has 2 aromatic rings. The lowest BCUT2D eigenvalue weighted by Crippen LogP contribution is -2.26. The van der Waals surface area contributed by atoms with Gasteiger partial charge in [0.15, 0.2) is 0 Å². The predicted octanol–water partition coefficient (Wildman–Crippen LogP) is 4.76. The first-order valence-corrected chi connectivity index (χ1v) is 8.20. The summed E-state index contributed by atoms with van der Waals surface area (Å²) >= 11 is 12.3. The average Bonchev–Trinajstić information content (AvgIpc) is 3.10. The van der Waals surface area contributed by atoms with Crippen LogP contribution in [-0.4, -0.2) is 13.1 Å². The zero-order valence-corrected chi connectivity index (χ0v) is 13.2. The van der Waals surface area contributed by atoms with E-state index >= 15 is 0 Å². The first-order valence-electron chi connectivity index (χ1n) is 7.45. The Kier molecular flexibility index (Phi) is 3.25. The largest absolute Gasteiger partial charge is 0.316 e. The highest BCUT2D eigenvalue weighted by molar-refractivity contribution is 6.42. The first-order chi connectivity index (χ1) is 10.2. The Morgan fingerprint density at radius 1 is 1.05 bits per heavy atom. The van der Waals surface area contributed by atoms with E-state index in [0.717, 1.165) is 19.5 Å². The number of nitrogens with one attached hydrogen (secondary N) is 1.